The number of amides is 2. The number of ether oxygens (including phenoxy) is 1. The number of carboxylic acids is 1. The highest BCUT2D eigenvalue weighted by atomic mass is 16.5. The number of benzene rings is 2. The number of rotatable bonds is 9. The van der Waals surface area contributed by atoms with E-state index in [0.29, 0.717) is 17.9 Å². The van der Waals surface area contributed by atoms with Gasteiger partial charge in [0.1, 0.15) is 5.75 Å². The zero-order valence-electron chi connectivity index (χ0n) is 15.9. The van der Waals surface area contributed by atoms with E-state index in [2.05, 4.69) is 10.6 Å². The summed E-state index contributed by atoms with van der Waals surface area (Å²) < 4.78 is 5.26. The van der Waals surface area contributed by atoms with Gasteiger partial charge in [0.05, 0.1) is 13.0 Å². The Morgan fingerprint density at radius 2 is 1.71 bits per heavy atom. The Morgan fingerprint density at radius 3 is 2.32 bits per heavy atom. The maximum atomic E-state index is 12.3. The lowest BCUT2D eigenvalue weighted by molar-refractivity contribution is -0.141. The first-order valence-corrected chi connectivity index (χ1v) is 8.87. The Labute approximate surface area is 163 Å². The number of methoxy groups -OCH3 is 1. The van der Waals surface area contributed by atoms with Gasteiger partial charge in [0.25, 0.3) is 5.91 Å². The van der Waals surface area contributed by atoms with Gasteiger partial charge in [-0.05, 0) is 35.7 Å². The van der Waals surface area contributed by atoms with Gasteiger partial charge in [0, 0.05) is 25.6 Å². The quantitative estimate of drug-likeness (QED) is 0.613. The van der Waals surface area contributed by atoms with Gasteiger partial charge in [-0.1, -0.05) is 30.3 Å². The number of carbonyl (C=O) groups excluding carboxylic acids is 2. The van der Waals surface area contributed by atoms with Crippen molar-refractivity contribution in [3.63, 3.8) is 0 Å². The predicted octanol–water partition coefficient (Wildman–Crippen LogP) is 2.00. The number of aliphatic carboxylic acids is 1. The first kappa shape index (κ1) is 21.0. The van der Waals surface area contributed by atoms with Gasteiger partial charge in [-0.3, -0.25) is 14.4 Å². The smallest absolute Gasteiger partial charge is 0.308 e. The SMILES string of the molecule is COc1ccccc1CC(CNC(=O)c1ccc(CNC(C)=O)cc1)C(=O)O. The van der Waals surface area contributed by atoms with E-state index in [-0.39, 0.29) is 24.8 Å². The zero-order chi connectivity index (χ0) is 20.5. The predicted molar refractivity (Wildman–Crippen MR) is 104 cm³/mol. The normalized spacial score (nSPS) is 11.4. The Balaban J connectivity index is 1.96. The fraction of sp³-hybridized carbons (Fsp3) is 0.286. The molecule has 0 bridgehead atoms. The molecule has 1 atom stereocenters. The molecule has 0 aliphatic heterocycles. The minimum atomic E-state index is -0.989. The van der Waals surface area contributed by atoms with Gasteiger partial charge in [-0.2, -0.15) is 0 Å². The van der Waals surface area contributed by atoms with Gasteiger partial charge in [-0.15, -0.1) is 0 Å². The molecule has 0 fully saturated rings. The summed E-state index contributed by atoms with van der Waals surface area (Å²) >= 11 is 0. The second-order valence-corrected chi connectivity index (χ2v) is 6.37. The highest BCUT2D eigenvalue weighted by molar-refractivity contribution is 5.94. The molecule has 0 aliphatic carbocycles. The van der Waals surface area contributed by atoms with Gasteiger partial charge >= 0.3 is 5.97 Å². The van der Waals surface area contributed by atoms with Crippen LogP contribution in [0.3, 0.4) is 0 Å². The van der Waals surface area contributed by atoms with Crippen molar-refractivity contribution in [1.29, 1.82) is 0 Å². The molecule has 0 saturated heterocycles. The second-order valence-electron chi connectivity index (χ2n) is 6.37. The van der Waals surface area contributed by atoms with E-state index in [4.69, 9.17) is 4.74 Å². The fourth-order valence-electron chi connectivity index (χ4n) is 2.70. The molecule has 2 rings (SSSR count). The highest BCUT2D eigenvalue weighted by Crippen LogP contribution is 2.21. The summed E-state index contributed by atoms with van der Waals surface area (Å²) in [5, 5.41) is 14.9. The van der Waals surface area contributed by atoms with Crippen LogP contribution in [0.1, 0.15) is 28.4 Å². The number of nitrogens with one attached hydrogen (secondary N) is 2. The Kier molecular flexibility index (Phi) is 7.56. The molecular formula is C21H24N2O5. The molecule has 1 unspecified atom stereocenters. The maximum absolute atomic E-state index is 12.3. The third-order valence-electron chi connectivity index (χ3n) is 4.27. The zero-order valence-corrected chi connectivity index (χ0v) is 15.9. The van der Waals surface area contributed by atoms with Crippen molar-refractivity contribution < 1.29 is 24.2 Å². The molecule has 2 aromatic rings. The van der Waals surface area contributed by atoms with Crippen molar-refractivity contribution in [3.05, 3.63) is 65.2 Å². The Bertz CT molecular complexity index is 833. The second kappa shape index (κ2) is 10.1. The topological polar surface area (TPSA) is 105 Å². The third-order valence-corrected chi connectivity index (χ3v) is 4.27. The van der Waals surface area contributed by atoms with Crippen molar-refractivity contribution >= 4 is 17.8 Å². The molecule has 0 aromatic heterocycles. The van der Waals surface area contributed by atoms with Crippen molar-refractivity contribution in [1.82, 2.24) is 10.6 Å². The summed E-state index contributed by atoms with van der Waals surface area (Å²) in [5.41, 5.74) is 2.06. The number of carboxylic acid groups (broad SMARTS) is 1. The van der Waals surface area contributed by atoms with E-state index in [9.17, 15) is 19.5 Å². The number of hydrogen-bond donors (Lipinski definition) is 3. The van der Waals surface area contributed by atoms with Crippen LogP contribution in [0.2, 0.25) is 0 Å². The van der Waals surface area contributed by atoms with Crippen LogP contribution in [0.15, 0.2) is 48.5 Å². The molecule has 28 heavy (non-hydrogen) atoms. The molecule has 7 heteroatoms. The molecular weight excluding hydrogens is 360 g/mol. The lowest BCUT2D eigenvalue weighted by Crippen LogP contribution is -2.34. The molecule has 0 aliphatic rings. The lowest BCUT2D eigenvalue weighted by Gasteiger charge is -2.15. The van der Waals surface area contributed by atoms with Crippen molar-refractivity contribution in [2.75, 3.05) is 13.7 Å². The molecule has 2 amide bonds. The van der Waals surface area contributed by atoms with E-state index in [1.807, 2.05) is 18.2 Å². The Morgan fingerprint density at radius 1 is 1.04 bits per heavy atom. The minimum absolute atomic E-state index is 0.000140. The molecule has 0 radical (unpaired) electrons. The van der Waals surface area contributed by atoms with Crippen LogP contribution in [-0.2, 0) is 22.6 Å². The molecule has 0 saturated carbocycles. The molecule has 148 valence electrons. The van der Waals surface area contributed by atoms with Gasteiger partial charge in [0.15, 0.2) is 0 Å². The first-order chi connectivity index (χ1) is 13.4. The van der Waals surface area contributed by atoms with Crippen LogP contribution < -0.4 is 15.4 Å². The monoisotopic (exact) mass is 384 g/mol. The minimum Gasteiger partial charge on any atom is -0.496 e. The Hall–Kier alpha value is -3.35. The van der Waals surface area contributed by atoms with Crippen molar-refractivity contribution in [3.8, 4) is 5.75 Å². The third kappa shape index (κ3) is 6.12. The number of carbonyl (C=O) groups is 3. The van der Waals surface area contributed by atoms with E-state index < -0.39 is 11.9 Å². The molecule has 0 spiro atoms. The van der Waals surface area contributed by atoms with Gasteiger partial charge in [-0.25, -0.2) is 0 Å². The summed E-state index contributed by atoms with van der Waals surface area (Å²) in [4.78, 5) is 34.9. The number of para-hydroxylation sites is 1. The average molecular weight is 384 g/mol. The summed E-state index contributed by atoms with van der Waals surface area (Å²) in [5.74, 6) is -1.63. The summed E-state index contributed by atoms with van der Waals surface area (Å²) in [7, 11) is 1.53. The highest BCUT2D eigenvalue weighted by Gasteiger charge is 2.21. The lowest BCUT2D eigenvalue weighted by atomic mass is 9.98. The van der Waals surface area contributed by atoms with Crippen molar-refractivity contribution in [2.24, 2.45) is 5.92 Å². The fourth-order valence-corrected chi connectivity index (χ4v) is 2.70. The van der Waals surface area contributed by atoms with E-state index >= 15 is 0 Å². The summed E-state index contributed by atoms with van der Waals surface area (Å²) in [6.07, 6.45) is 0.245. The molecule has 2 aromatic carbocycles. The average Bonchev–Trinajstić information content (AvgIpc) is 2.69. The molecule has 0 heterocycles. The number of hydrogen-bond acceptors (Lipinski definition) is 4. The standard InChI is InChI=1S/C21H24N2O5/c1-14(24)22-12-15-7-9-16(10-8-15)20(25)23-13-18(21(26)27)11-17-5-3-4-6-19(17)28-2/h3-10,18H,11-13H2,1-2H3,(H,22,24)(H,23,25)(H,26,27). The van der Waals surface area contributed by atoms with Gasteiger partial charge < -0.3 is 20.5 Å². The maximum Gasteiger partial charge on any atom is 0.308 e. The van der Waals surface area contributed by atoms with Crippen LogP contribution in [0.4, 0.5) is 0 Å². The van der Waals surface area contributed by atoms with Crippen molar-refractivity contribution in [2.45, 2.75) is 19.9 Å². The van der Waals surface area contributed by atoms with Crippen LogP contribution in [0.5, 0.6) is 5.75 Å². The largest absolute Gasteiger partial charge is 0.496 e. The van der Waals surface area contributed by atoms with E-state index in [1.165, 1.54) is 14.0 Å². The van der Waals surface area contributed by atoms with Crippen LogP contribution in [-0.4, -0.2) is 36.5 Å². The van der Waals surface area contributed by atoms with Gasteiger partial charge in [0.2, 0.25) is 5.91 Å². The first-order valence-electron chi connectivity index (χ1n) is 8.87. The van der Waals surface area contributed by atoms with Crippen LogP contribution >= 0.6 is 0 Å². The molecule has 7 nitrogen and oxygen atoms in total. The van der Waals surface area contributed by atoms with Crippen LogP contribution in [0.25, 0.3) is 0 Å². The summed E-state index contributed by atoms with van der Waals surface area (Å²) in [6.45, 7) is 1.82. The van der Waals surface area contributed by atoms with E-state index in [0.717, 1.165) is 11.1 Å². The van der Waals surface area contributed by atoms with E-state index in [1.54, 1.807) is 30.3 Å². The van der Waals surface area contributed by atoms with Crippen LogP contribution in [0, 0.1) is 5.92 Å². The molecule has 3 N–H and O–H groups in total. The summed E-state index contributed by atoms with van der Waals surface area (Å²) in [6, 6.07) is 14.0.